The molecular weight excluding hydrogens is 228 g/mol. The monoisotopic (exact) mass is 251 g/mol. The van der Waals surface area contributed by atoms with Gasteiger partial charge in [0.1, 0.15) is 0 Å². The molecule has 0 atom stereocenters. The second-order valence-electron chi connectivity index (χ2n) is 4.06. The van der Waals surface area contributed by atoms with Crippen molar-refractivity contribution < 1.29 is 17.2 Å². The van der Waals surface area contributed by atoms with Gasteiger partial charge < -0.3 is 4.55 Å². The van der Waals surface area contributed by atoms with Crippen LogP contribution in [0.25, 0.3) is 0 Å². The summed E-state index contributed by atoms with van der Waals surface area (Å²) in [4.78, 5) is 0. The van der Waals surface area contributed by atoms with Crippen molar-refractivity contribution in [3.8, 4) is 0 Å². The Hall–Kier alpha value is -0.130. The maximum Gasteiger partial charge on any atom is 0.217 e. The van der Waals surface area contributed by atoms with Crippen LogP contribution in [0.4, 0.5) is 0 Å². The Labute approximate surface area is 99.3 Å². The Balaban J connectivity index is 3.05. The van der Waals surface area contributed by atoms with Crippen LogP contribution in [-0.2, 0) is 14.6 Å². The highest BCUT2D eigenvalue weighted by Crippen LogP contribution is 2.09. The van der Waals surface area contributed by atoms with E-state index in [4.69, 9.17) is 0 Å². The summed E-state index contributed by atoms with van der Waals surface area (Å²) in [5.74, 6) is 0. The Morgan fingerprint density at radius 3 is 1.75 bits per heavy atom. The van der Waals surface area contributed by atoms with Gasteiger partial charge in [-0.05, 0) is 6.42 Å². The Morgan fingerprint density at radius 1 is 0.875 bits per heavy atom. The fraction of sp³-hybridized carbons (Fsp3) is 1.00. The molecule has 0 aromatic rings. The molecule has 0 aromatic carbocycles. The van der Waals surface area contributed by atoms with Gasteiger partial charge in [-0.1, -0.05) is 58.3 Å². The van der Waals surface area contributed by atoms with Crippen molar-refractivity contribution in [3.63, 3.8) is 0 Å². The van der Waals surface area contributed by atoms with Gasteiger partial charge in [0.2, 0.25) is 10.4 Å². The predicted molar refractivity (Wildman–Crippen MR) is 62.9 cm³/mol. The highest BCUT2D eigenvalue weighted by molar-refractivity contribution is 7.80. The molecule has 5 heteroatoms. The molecule has 0 aliphatic heterocycles. The van der Waals surface area contributed by atoms with E-state index in [-0.39, 0.29) is 6.61 Å². The smallest absolute Gasteiger partial charge is 0.217 e. The standard InChI is InChI=1S/C11H24O4S/c1-2-3-4-5-6-7-8-9-10-11-15-16(12,13)14/h2-11H2,1H3,(H,12,13,14)/p-1. The minimum absolute atomic E-state index is 0.0294. The summed E-state index contributed by atoms with van der Waals surface area (Å²) >= 11 is 0. The zero-order valence-corrected chi connectivity index (χ0v) is 10.9. The molecule has 0 amide bonds. The van der Waals surface area contributed by atoms with Crippen LogP contribution in [0.2, 0.25) is 0 Å². The quantitative estimate of drug-likeness (QED) is 0.321. The summed E-state index contributed by atoms with van der Waals surface area (Å²) in [6, 6.07) is 0. The lowest BCUT2D eigenvalue weighted by molar-refractivity contribution is 0.255. The summed E-state index contributed by atoms with van der Waals surface area (Å²) in [5.41, 5.74) is 0. The topological polar surface area (TPSA) is 66.4 Å². The highest BCUT2D eigenvalue weighted by atomic mass is 32.3. The van der Waals surface area contributed by atoms with Gasteiger partial charge in [-0.2, -0.15) is 0 Å². The summed E-state index contributed by atoms with van der Waals surface area (Å²) in [5, 5.41) is 0. The van der Waals surface area contributed by atoms with E-state index in [0.29, 0.717) is 6.42 Å². The number of unbranched alkanes of at least 4 members (excludes halogenated alkanes) is 8. The molecule has 0 spiro atoms. The maximum absolute atomic E-state index is 10.1. The second kappa shape index (κ2) is 10.1. The zero-order chi connectivity index (χ0) is 12.3. The number of hydrogen-bond donors (Lipinski definition) is 0. The molecule has 0 bridgehead atoms. The summed E-state index contributed by atoms with van der Waals surface area (Å²) in [6.07, 6.45) is 10.3. The van der Waals surface area contributed by atoms with E-state index in [0.717, 1.165) is 12.8 Å². The fourth-order valence-corrected chi connectivity index (χ4v) is 1.90. The van der Waals surface area contributed by atoms with Gasteiger partial charge in [0, 0.05) is 0 Å². The number of hydrogen-bond acceptors (Lipinski definition) is 4. The largest absolute Gasteiger partial charge is 0.726 e. The minimum atomic E-state index is -4.48. The van der Waals surface area contributed by atoms with Gasteiger partial charge in [-0.3, -0.25) is 4.18 Å². The van der Waals surface area contributed by atoms with Crippen molar-refractivity contribution in [1.82, 2.24) is 0 Å². The average molecular weight is 251 g/mol. The normalized spacial score (nSPS) is 11.9. The molecule has 0 aliphatic carbocycles. The van der Waals surface area contributed by atoms with Crippen molar-refractivity contribution in [2.75, 3.05) is 6.61 Å². The van der Waals surface area contributed by atoms with E-state index in [1.807, 2.05) is 0 Å². The van der Waals surface area contributed by atoms with Crippen LogP contribution < -0.4 is 0 Å². The third-order valence-electron chi connectivity index (χ3n) is 2.48. The molecule has 0 N–H and O–H groups in total. The molecule has 0 aliphatic rings. The number of rotatable bonds is 11. The second-order valence-corrected chi connectivity index (χ2v) is 5.11. The van der Waals surface area contributed by atoms with Gasteiger partial charge in [0.15, 0.2) is 0 Å². The van der Waals surface area contributed by atoms with Crippen molar-refractivity contribution in [2.24, 2.45) is 0 Å². The maximum atomic E-state index is 10.1. The third-order valence-corrected chi connectivity index (χ3v) is 2.93. The van der Waals surface area contributed by atoms with E-state index in [1.165, 1.54) is 38.5 Å². The van der Waals surface area contributed by atoms with Crippen molar-refractivity contribution in [2.45, 2.75) is 64.7 Å². The van der Waals surface area contributed by atoms with Crippen LogP contribution >= 0.6 is 0 Å². The van der Waals surface area contributed by atoms with E-state index >= 15 is 0 Å². The molecule has 0 rings (SSSR count). The van der Waals surface area contributed by atoms with Gasteiger partial charge in [-0.15, -0.1) is 0 Å². The van der Waals surface area contributed by atoms with Gasteiger partial charge in [0.25, 0.3) is 0 Å². The van der Waals surface area contributed by atoms with E-state index < -0.39 is 10.4 Å². The average Bonchev–Trinajstić information content (AvgIpc) is 2.19. The van der Waals surface area contributed by atoms with Gasteiger partial charge in [0.05, 0.1) is 6.61 Å². The first-order valence-electron chi connectivity index (χ1n) is 6.16. The first-order valence-corrected chi connectivity index (χ1v) is 7.50. The Morgan fingerprint density at radius 2 is 1.31 bits per heavy atom. The van der Waals surface area contributed by atoms with E-state index in [2.05, 4.69) is 11.1 Å². The molecule has 0 heterocycles. The molecule has 0 fully saturated rings. The summed E-state index contributed by atoms with van der Waals surface area (Å²) in [6.45, 7) is 2.23. The van der Waals surface area contributed by atoms with Crippen molar-refractivity contribution in [1.29, 1.82) is 0 Å². The molecule has 16 heavy (non-hydrogen) atoms. The molecule has 0 saturated heterocycles. The van der Waals surface area contributed by atoms with Crippen LogP contribution in [0, 0.1) is 0 Å². The fourth-order valence-electron chi connectivity index (χ4n) is 1.57. The van der Waals surface area contributed by atoms with Gasteiger partial charge >= 0.3 is 0 Å². The first-order chi connectivity index (χ1) is 7.56. The minimum Gasteiger partial charge on any atom is -0.726 e. The zero-order valence-electron chi connectivity index (χ0n) is 10.1. The molecule has 98 valence electrons. The Bertz CT molecular complexity index is 236. The predicted octanol–water partition coefficient (Wildman–Crippen LogP) is 2.99. The van der Waals surface area contributed by atoms with Crippen LogP contribution in [0.3, 0.4) is 0 Å². The van der Waals surface area contributed by atoms with E-state index in [9.17, 15) is 13.0 Å². The molecule has 0 unspecified atom stereocenters. The Kier molecular flexibility index (Phi) is 9.97. The summed E-state index contributed by atoms with van der Waals surface area (Å²) < 4.78 is 34.4. The molecular formula is C11H23O4S-. The molecule has 0 saturated carbocycles. The van der Waals surface area contributed by atoms with Crippen LogP contribution in [0.1, 0.15) is 64.7 Å². The molecule has 4 nitrogen and oxygen atoms in total. The lowest BCUT2D eigenvalue weighted by atomic mass is 10.1. The SMILES string of the molecule is CCCCCCCCCCCOS(=O)(=O)[O-]. The molecule has 0 aromatic heterocycles. The third kappa shape index (κ3) is 13.9. The van der Waals surface area contributed by atoms with Crippen LogP contribution in [-0.4, -0.2) is 19.6 Å². The lowest BCUT2D eigenvalue weighted by Crippen LogP contribution is -2.05. The van der Waals surface area contributed by atoms with Crippen LogP contribution in [0.15, 0.2) is 0 Å². The molecule has 0 radical (unpaired) electrons. The first kappa shape index (κ1) is 15.9. The van der Waals surface area contributed by atoms with Crippen molar-refractivity contribution in [3.05, 3.63) is 0 Å². The highest BCUT2D eigenvalue weighted by Gasteiger charge is 1.95. The lowest BCUT2D eigenvalue weighted by Gasteiger charge is -2.06. The van der Waals surface area contributed by atoms with E-state index in [1.54, 1.807) is 0 Å². The van der Waals surface area contributed by atoms with Crippen molar-refractivity contribution >= 4 is 10.4 Å². The summed E-state index contributed by atoms with van der Waals surface area (Å²) in [7, 11) is -4.48. The van der Waals surface area contributed by atoms with Gasteiger partial charge in [-0.25, -0.2) is 8.42 Å². The van der Waals surface area contributed by atoms with Crippen LogP contribution in [0.5, 0.6) is 0 Å².